The number of pyridine rings is 1. The summed E-state index contributed by atoms with van der Waals surface area (Å²) >= 11 is 6.15. The normalized spacial score (nSPS) is 10.6. The number of ether oxygens (including phenoxy) is 2. The van der Waals surface area contributed by atoms with Crippen molar-refractivity contribution in [3.8, 4) is 11.5 Å². The number of amides is 1. The second kappa shape index (κ2) is 7.09. The number of ketones is 1. The fourth-order valence-corrected chi connectivity index (χ4v) is 2.99. The predicted octanol–water partition coefficient (Wildman–Crippen LogP) is 4.06. The van der Waals surface area contributed by atoms with E-state index in [4.69, 9.17) is 21.1 Å². The van der Waals surface area contributed by atoms with E-state index in [0.29, 0.717) is 39.0 Å². The summed E-state index contributed by atoms with van der Waals surface area (Å²) in [5.74, 6) is 0.348. The van der Waals surface area contributed by atoms with Crippen LogP contribution in [0.15, 0.2) is 42.6 Å². The van der Waals surface area contributed by atoms with Gasteiger partial charge in [0.2, 0.25) is 0 Å². The molecule has 3 rings (SSSR count). The zero-order valence-corrected chi connectivity index (χ0v) is 15.3. The number of methoxy groups -OCH3 is 2. The van der Waals surface area contributed by atoms with Gasteiger partial charge in [0, 0.05) is 19.2 Å². The number of benzene rings is 1. The summed E-state index contributed by atoms with van der Waals surface area (Å²) in [6.07, 6.45) is 1.74. The lowest BCUT2D eigenvalue weighted by molar-refractivity contribution is 0.101. The molecule has 0 spiro atoms. The Kier molecular flexibility index (Phi) is 4.86. The Morgan fingerprint density at radius 2 is 1.81 bits per heavy atom. The number of fused-ring (bicyclic) bond motifs is 1. The van der Waals surface area contributed by atoms with Gasteiger partial charge < -0.3 is 19.2 Å². The molecule has 7 heteroatoms. The van der Waals surface area contributed by atoms with E-state index < -0.39 is 0 Å². The third-order valence-corrected chi connectivity index (χ3v) is 4.30. The van der Waals surface area contributed by atoms with E-state index in [1.165, 1.54) is 21.1 Å². The molecule has 0 fully saturated rings. The number of aromatic nitrogens is 1. The summed E-state index contributed by atoms with van der Waals surface area (Å²) in [4.78, 5) is 24.7. The predicted molar refractivity (Wildman–Crippen MR) is 99.9 cm³/mol. The monoisotopic (exact) mass is 372 g/mol. The fourth-order valence-electron chi connectivity index (χ4n) is 2.75. The van der Waals surface area contributed by atoms with Crippen molar-refractivity contribution >= 4 is 34.5 Å². The van der Waals surface area contributed by atoms with Crippen molar-refractivity contribution in [1.29, 1.82) is 0 Å². The molecule has 2 aromatic heterocycles. The first-order valence-electron chi connectivity index (χ1n) is 7.80. The molecule has 1 aromatic carbocycles. The van der Waals surface area contributed by atoms with Crippen molar-refractivity contribution in [2.45, 2.75) is 6.92 Å². The second-order valence-electron chi connectivity index (χ2n) is 5.60. The van der Waals surface area contributed by atoms with Crippen molar-refractivity contribution < 1.29 is 19.1 Å². The van der Waals surface area contributed by atoms with Crippen LogP contribution in [-0.4, -0.2) is 30.3 Å². The highest BCUT2D eigenvalue weighted by atomic mass is 35.5. The number of anilines is 1. The van der Waals surface area contributed by atoms with E-state index >= 15 is 0 Å². The molecule has 26 heavy (non-hydrogen) atoms. The zero-order valence-electron chi connectivity index (χ0n) is 14.5. The summed E-state index contributed by atoms with van der Waals surface area (Å²) in [7, 11) is 2.98. The van der Waals surface area contributed by atoms with Crippen LogP contribution < -0.4 is 14.8 Å². The largest absolute Gasteiger partial charge is 0.495 e. The number of hydrogen-bond donors (Lipinski definition) is 1. The lowest BCUT2D eigenvalue weighted by Gasteiger charge is -2.13. The first-order chi connectivity index (χ1) is 12.5. The van der Waals surface area contributed by atoms with Crippen molar-refractivity contribution in [3.63, 3.8) is 0 Å². The quantitative estimate of drug-likeness (QED) is 0.685. The molecule has 1 amide bonds. The van der Waals surface area contributed by atoms with Crippen LogP contribution >= 0.6 is 11.6 Å². The molecule has 1 N–H and O–H groups in total. The maximum atomic E-state index is 12.8. The van der Waals surface area contributed by atoms with Gasteiger partial charge in [-0.2, -0.15) is 0 Å². The van der Waals surface area contributed by atoms with Gasteiger partial charge in [-0.05, 0) is 24.3 Å². The van der Waals surface area contributed by atoms with E-state index in [0.717, 1.165) is 0 Å². The molecule has 2 heterocycles. The number of rotatable bonds is 5. The van der Waals surface area contributed by atoms with Gasteiger partial charge in [-0.25, -0.2) is 0 Å². The molecule has 0 aliphatic heterocycles. The Balaban J connectivity index is 2.03. The highest BCUT2D eigenvalue weighted by Gasteiger charge is 2.19. The molecule has 0 bridgehead atoms. The maximum Gasteiger partial charge on any atom is 0.257 e. The van der Waals surface area contributed by atoms with Crippen molar-refractivity contribution in [2.75, 3.05) is 19.5 Å². The smallest absolute Gasteiger partial charge is 0.257 e. The maximum absolute atomic E-state index is 12.8. The topological polar surface area (TPSA) is 69.0 Å². The standard InChI is InChI=1S/C19H17ClN2O4/c1-11(23)16-8-12(15-6-4-5-7-22(15)16)19(24)21-14-9-13(20)17(25-2)10-18(14)26-3/h4-10H,1-3H3,(H,21,24). The second-order valence-corrected chi connectivity index (χ2v) is 6.00. The molecule has 0 saturated heterocycles. The first-order valence-corrected chi connectivity index (χ1v) is 8.18. The third-order valence-electron chi connectivity index (χ3n) is 4.00. The van der Waals surface area contributed by atoms with Gasteiger partial charge in [0.1, 0.15) is 11.5 Å². The van der Waals surface area contributed by atoms with Crippen LogP contribution in [0, 0.1) is 0 Å². The molecule has 0 atom stereocenters. The molecule has 0 aliphatic rings. The fraction of sp³-hybridized carbons (Fsp3) is 0.158. The van der Waals surface area contributed by atoms with Gasteiger partial charge in [-0.15, -0.1) is 0 Å². The van der Waals surface area contributed by atoms with Gasteiger partial charge in [-0.3, -0.25) is 9.59 Å². The number of carbonyl (C=O) groups excluding carboxylic acids is 2. The molecular formula is C19H17ClN2O4. The summed E-state index contributed by atoms with van der Waals surface area (Å²) < 4.78 is 12.1. The van der Waals surface area contributed by atoms with E-state index in [2.05, 4.69) is 5.32 Å². The van der Waals surface area contributed by atoms with Crippen molar-refractivity contribution in [1.82, 2.24) is 4.40 Å². The van der Waals surface area contributed by atoms with Crippen LogP contribution in [-0.2, 0) is 0 Å². The zero-order chi connectivity index (χ0) is 18.8. The molecule has 3 aromatic rings. The van der Waals surface area contributed by atoms with Crippen LogP contribution in [0.2, 0.25) is 5.02 Å². The summed E-state index contributed by atoms with van der Waals surface area (Å²) in [5.41, 5.74) is 1.85. The number of Topliss-reactive ketones (excluding diaryl/α,β-unsaturated/α-hetero) is 1. The van der Waals surface area contributed by atoms with Crippen molar-refractivity contribution in [3.05, 3.63) is 58.9 Å². The van der Waals surface area contributed by atoms with Gasteiger partial charge >= 0.3 is 0 Å². The van der Waals surface area contributed by atoms with Crippen molar-refractivity contribution in [2.24, 2.45) is 0 Å². The van der Waals surface area contributed by atoms with E-state index in [-0.39, 0.29) is 11.7 Å². The van der Waals surface area contributed by atoms with Crippen LogP contribution in [0.1, 0.15) is 27.8 Å². The Hall–Kier alpha value is -2.99. The molecule has 6 nitrogen and oxygen atoms in total. The lowest BCUT2D eigenvalue weighted by atomic mass is 10.2. The molecule has 0 saturated carbocycles. The first kappa shape index (κ1) is 17.8. The van der Waals surface area contributed by atoms with Gasteiger partial charge in [0.25, 0.3) is 5.91 Å². The summed E-state index contributed by atoms with van der Waals surface area (Å²) in [6.45, 7) is 1.46. The van der Waals surface area contributed by atoms with Crippen LogP contribution in [0.4, 0.5) is 5.69 Å². The minimum atomic E-state index is -0.374. The summed E-state index contributed by atoms with van der Waals surface area (Å²) in [6, 6.07) is 10.1. The SMILES string of the molecule is COc1cc(OC)c(NC(=O)c2cc(C(C)=O)n3ccccc23)cc1Cl. The van der Waals surface area contributed by atoms with Crippen LogP contribution in [0.3, 0.4) is 0 Å². The van der Waals surface area contributed by atoms with E-state index in [1.54, 1.807) is 47.0 Å². The lowest BCUT2D eigenvalue weighted by Crippen LogP contribution is -2.12. The Labute approximate surface area is 155 Å². The number of nitrogens with zero attached hydrogens (tertiary/aromatic N) is 1. The average Bonchev–Trinajstić information content (AvgIpc) is 3.02. The molecule has 0 radical (unpaired) electrons. The number of hydrogen-bond acceptors (Lipinski definition) is 4. The highest BCUT2D eigenvalue weighted by molar-refractivity contribution is 6.32. The van der Waals surface area contributed by atoms with E-state index in [1.807, 2.05) is 0 Å². The average molecular weight is 373 g/mol. The van der Waals surface area contributed by atoms with Crippen LogP contribution in [0.25, 0.3) is 5.52 Å². The number of carbonyl (C=O) groups is 2. The molecule has 0 unspecified atom stereocenters. The molecule has 134 valence electrons. The molecular weight excluding hydrogens is 356 g/mol. The Bertz CT molecular complexity index is 1010. The Morgan fingerprint density at radius 3 is 2.46 bits per heavy atom. The van der Waals surface area contributed by atoms with Gasteiger partial charge in [-0.1, -0.05) is 17.7 Å². The third kappa shape index (κ3) is 3.11. The highest BCUT2D eigenvalue weighted by Crippen LogP contribution is 2.36. The van der Waals surface area contributed by atoms with E-state index in [9.17, 15) is 9.59 Å². The van der Waals surface area contributed by atoms with Gasteiger partial charge in [0.05, 0.1) is 41.7 Å². The van der Waals surface area contributed by atoms with Crippen LogP contribution in [0.5, 0.6) is 11.5 Å². The number of nitrogens with one attached hydrogen (secondary N) is 1. The molecule has 0 aliphatic carbocycles. The minimum absolute atomic E-state index is 0.129. The minimum Gasteiger partial charge on any atom is -0.495 e. The van der Waals surface area contributed by atoms with Gasteiger partial charge in [0.15, 0.2) is 5.78 Å². The number of halogens is 1. The summed E-state index contributed by atoms with van der Waals surface area (Å²) in [5, 5.41) is 3.13. The Morgan fingerprint density at radius 1 is 1.08 bits per heavy atom.